The summed E-state index contributed by atoms with van der Waals surface area (Å²) in [6.07, 6.45) is 4.33. The minimum absolute atomic E-state index is 0.206. The molecule has 0 unspecified atom stereocenters. The Morgan fingerprint density at radius 2 is 2.09 bits per heavy atom. The van der Waals surface area contributed by atoms with Gasteiger partial charge in [-0.15, -0.1) is 0 Å². The van der Waals surface area contributed by atoms with E-state index in [2.05, 4.69) is 16.4 Å². The van der Waals surface area contributed by atoms with Crippen LogP contribution in [0.5, 0.6) is 0 Å². The first kappa shape index (κ1) is 13.1. The number of amides is 1. The predicted octanol–water partition coefficient (Wildman–Crippen LogP) is 3.64. The van der Waals surface area contributed by atoms with Gasteiger partial charge in [-0.05, 0) is 36.6 Å². The van der Waals surface area contributed by atoms with Crippen LogP contribution in [0.25, 0.3) is 11.0 Å². The number of para-hydroxylation sites is 1. The van der Waals surface area contributed by atoms with Gasteiger partial charge in [0.2, 0.25) is 0 Å². The highest BCUT2D eigenvalue weighted by molar-refractivity contribution is 5.95. The number of carbonyl (C=O) groups is 1. The Labute approximate surface area is 128 Å². The molecule has 0 bridgehead atoms. The van der Waals surface area contributed by atoms with Crippen LogP contribution >= 0.6 is 0 Å². The van der Waals surface area contributed by atoms with Crippen molar-refractivity contribution in [3.63, 3.8) is 0 Å². The SMILES string of the molecule is O=C(NCc1ccc(C2CC2)nc1)c1cc2ccccc2o1. The number of hydrogen-bond acceptors (Lipinski definition) is 3. The highest BCUT2D eigenvalue weighted by Crippen LogP contribution is 2.38. The molecule has 1 saturated carbocycles. The first-order valence-electron chi connectivity index (χ1n) is 7.51. The van der Waals surface area contributed by atoms with Gasteiger partial charge in [0, 0.05) is 29.7 Å². The fourth-order valence-corrected chi connectivity index (χ4v) is 2.52. The van der Waals surface area contributed by atoms with Crippen molar-refractivity contribution in [2.45, 2.75) is 25.3 Å². The maximum atomic E-state index is 12.1. The lowest BCUT2D eigenvalue weighted by Crippen LogP contribution is -2.22. The van der Waals surface area contributed by atoms with E-state index in [0.717, 1.165) is 22.2 Å². The molecule has 4 rings (SSSR count). The van der Waals surface area contributed by atoms with E-state index in [4.69, 9.17) is 4.42 Å². The van der Waals surface area contributed by atoms with Crippen molar-refractivity contribution in [1.82, 2.24) is 10.3 Å². The third kappa shape index (κ3) is 2.60. The Hall–Kier alpha value is -2.62. The molecule has 4 heteroatoms. The third-order valence-electron chi connectivity index (χ3n) is 3.95. The second-order valence-electron chi connectivity index (χ2n) is 5.70. The Balaban J connectivity index is 1.42. The zero-order valence-corrected chi connectivity index (χ0v) is 12.1. The van der Waals surface area contributed by atoms with Crippen LogP contribution in [0.15, 0.2) is 53.1 Å². The van der Waals surface area contributed by atoms with Crippen molar-refractivity contribution >= 4 is 16.9 Å². The number of nitrogens with zero attached hydrogens (tertiary/aromatic N) is 1. The van der Waals surface area contributed by atoms with Gasteiger partial charge in [-0.25, -0.2) is 0 Å². The summed E-state index contributed by atoms with van der Waals surface area (Å²) >= 11 is 0. The van der Waals surface area contributed by atoms with E-state index in [9.17, 15) is 4.79 Å². The molecule has 1 aliphatic rings. The van der Waals surface area contributed by atoms with E-state index < -0.39 is 0 Å². The molecular weight excluding hydrogens is 276 g/mol. The minimum atomic E-state index is -0.206. The van der Waals surface area contributed by atoms with Gasteiger partial charge < -0.3 is 9.73 Å². The van der Waals surface area contributed by atoms with Gasteiger partial charge in [-0.3, -0.25) is 9.78 Å². The molecule has 0 spiro atoms. The zero-order valence-electron chi connectivity index (χ0n) is 12.1. The van der Waals surface area contributed by atoms with Gasteiger partial charge in [-0.1, -0.05) is 24.3 Å². The molecule has 0 atom stereocenters. The van der Waals surface area contributed by atoms with E-state index in [1.807, 2.05) is 36.5 Å². The molecule has 0 saturated heterocycles. The number of aromatic nitrogens is 1. The number of furan rings is 1. The normalized spacial score (nSPS) is 14.2. The van der Waals surface area contributed by atoms with Crippen LogP contribution in [0.3, 0.4) is 0 Å². The molecule has 1 fully saturated rings. The summed E-state index contributed by atoms with van der Waals surface area (Å²) in [6, 6.07) is 13.4. The maximum Gasteiger partial charge on any atom is 0.287 e. The fraction of sp³-hybridized carbons (Fsp3) is 0.222. The Morgan fingerprint density at radius 3 is 2.82 bits per heavy atom. The molecule has 1 N–H and O–H groups in total. The molecule has 1 amide bonds. The number of nitrogens with one attached hydrogen (secondary N) is 1. The summed E-state index contributed by atoms with van der Waals surface area (Å²) in [5.74, 6) is 0.783. The van der Waals surface area contributed by atoms with E-state index in [1.54, 1.807) is 6.07 Å². The summed E-state index contributed by atoms with van der Waals surface area (Å²) in [7, 11) is 0. The first-order valence-corrected chi connectivity index (χ1v) is 7.51. The van der Waals surface area contributed by atoms with Crippen LogP contribution in [0.4, 0.5) is 0 Å². The summed E-state index contributed by atoms with van der Waals surface area (Å²) in [4.78, 5) is 16.6. The molecule has 1 aliphatic carbocycles. The molecule has 0 aliphatic heterocycles. The summed E-state index contributed by atoms with van der Waals surface area (Å²) < 4.78 is 5.55. The van der Waals surface area contributed by atoms with Crippen LogP contribution in [-0.2, 0) is 6.54 Å². The van der Waals surface area contributed by atoms with Crippen molar-refractivity contribution in [3.8, 4) is 0 Å². The predicted molar refractivity (Wildman–Crippen MR) is 83.6 cm³/mol. The van der Waals surface area contributed by atoms with Crippen LogP contribution in [-0.4, -0.2) is 10.9 Å². The van der Waals surface area contributed by atoms with Crippen LogP contribution in [0.2, 0.25) is 0 Å². The van der Waals surface area contributed by atoms with Crippen molar-refractivity contribution < 1.29 is 9.21 Å². The summed E-state index contributed by atoms with van der Waals surface area (Å²) in [6.45, 7) is 0.452. The van der Waals surface area contributed by atoms with E-state index in [1.165, 1.54) is 12.8 Å². The molecule has 1 aromatic carbocycles. The van der Waals surface area contributed by atoms with E-state index >= 15 is 0 Å². The summed E-state index contributed by atoms with van der Waals surface area (Å²) in [5, 5.41) is 3.80. The Bertz CT molecular complexity index is 783. The molecule has 2 aromatic heterocycles. The Morgan fingerprint density at radius 1 is 1.23 bits per heavy atom. The number of pyridine rings is 1. The van der Waals surface area contributed by atoms with Gasteiger partial charge in [-0.2, -0.15) is 0 Å². The molecule has 2 heterocycles. The molecule has 3 aromatic rings. The lowest BCUT2D eigenvalue weighted by atomic mass is 10.2. The van der Waals surface area contributed by atoms with Crippen molar-refractivity contribution in [2.75, 3.05) is 0 Å². The van der Waals surface area contributed by atoms with Crippen molar-refractivity contribution in [2.24, 2.45) is 0 Å². The molecule has 110 valence electrons. The second kappa shape index (κ2) is 5.30. The van der Waals surface area contributed by atoms with Crippen LogP contribution in [0.1, 0.15) is 40.6 Å². The number of benzene rings is 1. The van der Waals surface area contributed by atoms with Gasteiger partial charge in [0.1, 0.15) is 5.58 Å². The van der Waals surface area contributed by atoms with Crippen LogP contribution < -0.4 is 5.32 Å². The third-order valence-corrected chi connectivity index (χ3v) is 3.95. The Kier molecular flexibility index (Phi) is 3.15. The monoisotopic (exact) mass is 292 g/mol. The largest absolute Gasteiger partial charge is 0.451 e. The van der Waals surface area contributed by atoms with Crippen molar-refractivity contribution in [3.05, 3.63) is 65.7 Å². The van der Waals surface area contributed by atoms with Gasteiger partial charge in [0.05, 0.1) is 0 Å². The number of hydrogen-bond donors (Lipinski definition) is 1. The van der Waals surface area contributed by atoms with Gasteiger partial charge in [0.15, 0.2) is 5.76 Å². The smallest absolute Gasteiger partial charge is 0.287 e. The number of rotatable bonds is 4. The van der Waals surface area contributed by atoms with E-state index in [-0.39, 0.29) is 5.91 Å². The standard InChI is InChI=1S/C18H16N2O2/c21-18(17-9-14-3-1-2-4-16(14)22-17)20-11-12-5-8-15(19-10-12)13-6-7-13/h1-5,8-10,13H,6-7,11H2,(H,20,21). The number of carbonyl (C=O) groups excluding carboxylic acids is 1. The molecular formula is C18H16N2O2. The topological polar surface area (TPSA) is 55.1 Å². The molecule has 22 heavy (non-hydrogen) atoms. The summed E-state index contributed by atoms with van der Waals surface area (Å²) in [5.41, 5.74) is 2.88. The van der Waals surface area contributed by atoms with Crippen molar-refractivity contribution in [1.29, 1.82) is 0 Å². The van der Waals surface area contributed by atoms with Crippen LogP contribution in [0, 0.1) is 0 Å². The highest BCUT2D eigenvalue weighted by atomic mass is 16.3. The molecule has 4 nitrogen and oxygen atoms in total. The highest BCUT2D eigenvalue weighted by Gasteiger charge is 2.24. The molecule has 0 radical (unpaired) electrons. The lowest BCUT2D eigenvalue weighted by Gasteiger charge is -2.04. The van der Waals surface area contributed by atoms with E-state index in [0.29, 0.717) is 18.2 Å². The van der Waals surface area contributed by atoms with Gasteiger partial charge >= 0.3 is 0 Å². The zero-order chi connectivity index (χ0) is 14.9. The second-order valence-corrected chi connectivity index (χ2v) is 5.70. The fourth-order valence-electron chi connectivity index (χ4n) is 2.52. The minimum Gasteiger partial charge on any atom is -0.451 e. The van der Waals surface area contributed by atoms with Gasteiger partial charge in [0.25, 0.3) is 5.91 Å². The average Bonchev–Trinajstić information content (AvgIpc) is 3.31. The average molecular weight is 292 g/mol. The number of fused-ring (bicyclic) bond motifs is 1. The lowest BCUT2D eigenvalue weighted by molar-refractivity contribution is 0.0925. The quantitative estimate of drug-likeness (QED) is 0.798. The first-order chi connectivity index (χ1) is 10.8. The maximum absolute atomic E-state index is 12.1.